The van der Waals surface area contributed by atoms with E-state index in [2.05, 4.69) is 20.5 Å². The van der Waals surface area contributed by atoms with E-state index in [1.165, 1.54) is 50.1 Å². The molecule has 0 bridgehead atoms. The van der Waals surface area contributed by atoms with E-state index >= 15 is 0 Å². The molecule has 2 heterocycles. The van der Waals surface area contributed by atoms with E-state index in [-0.39, 0.29) is 0 Å². The fraction of sp³-hybridized carbons (Fsp3) is 0.722. The Morgan fingerprint density at radius 3 is 2.64 bits per heavy atom. The van der Waals surface area contributed by atoms with Gasteiger partial charge < -0.3 is 20.6 Å². The number of hydrogen-bond donors (Lipinski definition) is 3. The van der Waals surface area contributed by atoms with Crippen LogP contribution >= 0.6 is 22.9 Å². The maximum absolute atomic E-state index is 10.2. The normalized spacial score (nSPS) is 22.3. The molecule has 1 aliphatic carbocycles. The number of hydrogen-bond acceptors (Lipinski definition) is 4. The fourth-order valence-corrected chi connectivity index (χ4v) is 4.91. The lowest BCUT2D eigenvalue weighted by atomic mass is 10.0. The van der Waals surface area contributed by atoms with Crippen molar-refractivity contribution in [1.82, 2.24) is 15.5 Å². The summed E-state index contributed by atoms with van der Waals surface area (Å²) in [5.41, 5.74) is 0. The molecule has 140 valence electrons. The summed E-state index contributed by atoms with van der Waals surface area (Å²) in [6.45, 7) is 2.78. The Balaban J connectivity index is 1.40. The predicted molar refractivity (Wildman–Crippen MR) is 106 cm³/mol. The van der Waals surface area contributed by atoms with Crippen molar-refractivity contribution in [3.05, 3.63) is 21.3 Å². The summed E-state index contributed by atoms with van der Waals surface area (Å²) in [4.78, 5) is 7.84. The highest BCUT2D eigenvalue weighted by Crippen LogP contribution is 2.27. The number of piperidine rings is 1. The molecule has 0 spiro atoms. The molecule has 25 heavy (non-hydrogen) atoms. The van der Waals surface area contributed by atoms with Gasteiger partial charge in [0.1, 0.15) is 6.10 Å². The van der Waals surface area contributed by atoms with Crippen LogP contribution in [0.15, 0.2) is 17.1 Å². The zero-order valence-electron chi connectivity index (χ0n) is 14.9. The Morgan fingerprint density at radius 2 is 2.04 bits per heavy atom. The second-order valence-electron chi connectivity index (χ2n) is 7.00. The minimum absolute atomic E-state index is 0.428. The van der Waals surface area contributed by atoms with Crippen LogP contribution in [0.1, 0.15) is 49.5 Å². The Hall–Kier alpha value is -0.820. The maximum Gasteiger partial charge on any atom is 0.191 e. The van der Waals surface area contributed by atoms with Gasteiger partial charge in [0.05, 0.1) is 4.34 Å². The van der Waals surface area contributed by atoms with Gasteiger partial charge in [-0.05, 0) is 37.8 Å². The fourth-order valence-electron chi connectivity index (χ4n) is 3.87. The Bertz CT molecular complexity index is 565. The SMILES string of the molecule is CN=C(NCC(O)c1ccc(Cl)s1)NC1CCN(C2CCCC2)CC1. The van der Waals surface area contributed by atoms with Crippen LogP contribution in [0.5, 0.6) is 0 Å². The first-order chi connectivity index (χ1) is 12.2. The summed E-state index contributed by atoms with van der Waals surface area (Å²) in [6.07, 6.45) is 7.30. The summed E-state index contributed by atoms with van der Waals surface area (Å²) < 4.78 is 0.700. The van der Waals surface area contributed by atoms with Crippen LogP contribution in [-0.2, 0) is 0 Å². The number of nitrogens with zero attached hydrogens (tertiary/aromatic N) is 2. The first kappa shape index (κ1) is 19.0. The van der Waals surface area contributed by atoms with Gasteiger partial charge in [-0.25, -0.2) is 0 Å². The number of likely N-dealkylation sites (tertiary alicyclic amines) is 1. The molecule has 2 aliphatic rings. The monoisotopic (exact) mass is 384 g/mol. The van der Waals surface area contributed by atoms with Crippen molar-refractivity contribution in [2.24, 2.45) is 4.99 Å². The number of aliphatic imine (C=N–C) groups is 1. The van der Waals surface area contributed by atoms with E-state index in [0.717, 1.165) is 29.7 Å². The van der Waals surface area contributed by atoms with Crippen LogP contribution in [0.25, 0.3) is 0 Å². The van der Waals surface area contributed by atoms with E-state index in [1.807, 2.05) is 12.1 Å². The Kier molecular flexibility index (Phi) is 6.99. The van der Waals surface area contributed by atoms with Crippen LogP contribution in [0.3, 0.4) is 0 Å². The van der Waals surface area contributed by atoms with Crippen molar-refractivity contribution >= 4 is 28.9 Å². The molecule has 0 radical (unpaired) electrons. The zero-order chi connectivity index (χ0) is 17.6. The molecule has 3 N–H and O–H groups in total. The van der Waals surface area contributed by atoms with Crippen molar-refractivity contribution in [2.75, 3.05) is 26.7 Å². The standard InChI is InChI=1S/C18H29ClN4OS/c1-20-18(21-12-15(24)16-6-7-17(19)25-16)22-13-8-10-23(11-9-13)14-4-2-3-5-14/h6-7,13-15,24H,2-5,8-12H2,1H3,(H2,20,21,22). The molecule has 2 fully saturated rings. The summed E-state index contributed by atoms with van der Waals surface area (Å²) in [5, 5.41) is 17.0. The summed E-state index contributed by atoms with van der Waals surface area (Å²) >= 11 is 7.34. The van der Waals surface area contributed by atoms with Gasteiger partial charge in [-0.2, -0.15) is 0 Å². The Morgan fingerprint density at radius 1 is 1.32 bits per heavy atom. The topological polar surface area (TPSA) is 59.9 Å². The van der Waals surface area contributed by atoms with Crippen LogP contribution < -0.4 is 10.6 Å². The summed E-state index contributed by atoms with van der Waals surface area (Å²) in [6, 6.07) is 4.97. The first-order valence-corrected chi connectivity index (χ1v) is 10.5. The number of halogens is 1. The van der Waals surface area contributed by atoms with Crippen LogP contribution in [-0.4, -0.2) is 54.7 Å². The van der Waals surface area contributed by atoms with Crippen LogP contribution in [0.4, 0.5) is 0 Å². The van der Waals surface area contributed by atoms with Gasteiger partial charge >= 0.3 is 0 Å². The predicted octanol–water partition coefficient (Wildman–Crippen LogP) is 3.01. The van der Waals surface area contributed by atoms with Crippen molar-refractivity contribution in [1.29, 1.82) is 0 Å². The molecular weight excluding hydrogens is 356 g/mol. The lowest BCUT2D eigenvalue weighted by Gasteiger charge is -2.36. The quantitative estimate of drug-likeness (QED) is 0.539. The van der Waals surface area contributed by atoms with Crippen molar-refractivity contribution in [2.45, 2.75) is 56.7 Å². The molecule has 0 aromatic carbocycles. The van der Waals surface area contributed by atoms with Crippen molar-refractivity contribution in [3.8, 4) is 0 Å². The van der Waals surface area contributed by atoms with Crippen molar-refractivity contribution < 1.29 is 5.11 Å². The maximum atomic E-state index is 10.2. The largest absolute Gasteiger partial charge is 0.386 e. The number of nitrogens with one attached hydrogen (secondary N) is 2. The number of aliphatic hydroxyl groups excluding tert-OH is 1. The zero-order valence-corrected chi connectivity index (χ0v) is 16.5. The van der Waals surface area contributed by atoms with E-state index in [9.17, 15) is 5.11 Å². The van der Waals surface area contributed by atoms with Gasteiger partial charge in [0.15, 0.2) is 5.96 Å². The molecule has 1 aromatic heterocycles. The molecule has 1 unspecified atom stereocenters. The molecule has 1 aromatic rings. The second-order valence-corrected chi connectivity index (χ2v) is 8.75. The number of rotatable bonds is 5. The molecule has 1 aliphatic heterocycles. The molecular formula is C18H29ClN4OS. The lowest BCUT2D eigenvalue weighted by Crippen LogP contribution is -2.50. The third-order valence-corrected chi connectivity index (χ3v) is 6.65. The molecule has 5 nitrogen and oxygen atoms in total. The molecule has 7 heteroatoms. The van der Waals surface area contributed by atoms with Gasteiger partial charge in [-0.1, -0.05) is 24.4 Å². The molecule has 3 rings (SSSR count). The third-order valence-electron chi connectivity index (χ3n) is 5.32. The average Bonchev–Trinajstić information content (AvgIpc) is 3.30. The minimum Gasteiger partial charge on any atom is -0.386 e. The lowest BCUT2D eigenvalue weighted by molar-refractivity contribution is 0.149. The average molecular weight is 385 g/mol. The van der Waals surface area contributed by atoms with Gasteiger partial charge in [-0.3, -0.25) is 4.99 Å². The highest BCUT2D eigenvalue weighted by Gasteiger charge is 2.27. The van der Waals surface area contributed by atoms with Gasteiger partial charge in [-0.15, -0.1) is 11.3 Å². The minimum atomic E-state index is -0.569. The summed E-state index contributed by atoms with van der Waals surface area (Å²) in [5.74, 6) is 0.765. The van der Waals surface area contributed by atoms with Crippen LogP contribution in [0, 0.1) is 0 Å². The highest BCUT2D eigenvalue weighted by atomic mass is 35.5. The van der Waals surface area contributed by atoms with E-state index in [0.29, 0.717) is 16.9 Å². The molecule has 1 saturated carbocycles. The summed E-state index contributed by atoms with van der Waals surface area (Å²) in [7, 11) is 1.78. The Labute approximate surface area is 159 Å². The van der Waals surface area contributed by atoms with Crippen molar-refractivity contribution in [3.63, 3.8) is 0 Å². The van der Waals surface area contributed by atoms with E-state index < -0.39 is 6.10 Å². The number of aliphatic hydroxyl groups is 1. The van der Waals surface area contributed by atoms with E-state index in [1.54, 1.807) is 7.05 Å². The molecule has 0 amide bonds. The van der Waals surface area contributed by atoms with Gasteiger partial charge in [0, 0.05) is 43.6 Å². The molecule has 1 saturated heterocycles. The van der Waals surface area contributed by atoms with Gasteiger partial charge in [0.25, 0.3) is 0 Å². The van der Waals surface area contributed by atoms with Gasteiger partial charge in [0.2, 0.25) is 0 Å². The smallest absolute Gasteiger partial charge is 0.191 e. The third kappa shape index (κ3) is 5.33. The first-order valence-electron chi connectivity index (χ1n) is 9.30. The molecule has 1 atom stereocenters. The number of guanidine groups is 1. The highest BCUT2D eigenvalue weighted by molar-refractivity contribution is 7.16. The van der Waals surface area contributed by atoms with Crippen LogP contribution in [0.2, 0.25) is 4.34 Å². The van der Waals surface area contributed by atoms with E-state index in [4.69, 9.17) is 11.6 Å². The number of thiophene rings is 1. The second kappa shape index (κ2) is 9.21.